The van der Waals surface area contributed by atoms with Crippen molar-refractivity contribution in [3.8, 4) is 0 Å². The highest BCUT2D eigenvalue weighted by Gasteiger charge is 2.63. The van der Waals surface area contributed by atoms with Crippen LogP contribution in [0.3, 0.4) is 0 Å². The van der Waals surface area contributed by atoms with Gasteiger partial charge in [-0.3, -0.25) is 9.59 Å². The Labute approximate surface area is 196 Å². The van der Waals surface area contributed by atoms with E-state index in [1.807, 2.05) is 70.0 Å². The fraction of sp³-hybridized carbons (Fsp3) is 0.385. The van der Waals surface area contributed by atoms with E-state index in [1.165, 1.54) is 0 Å². The first-order valence-electron chi connectivity index (χ1n) is 12.0. The van der Waals surface area contributed by atoms with Crippen molar-refractivity contribution in [2.75, 3.05) is 10.6 Å². The van der Waals surface area contributed by atoms with E-state index in [9.17, 15) is 9.59 Å². The smallest absolute Gasteiger partial charge is 0.231 e. The van der Waals surface area contributed by atoms with Gasteiger partial charge in [-0.05, 0) is 74.6 Å². The Morgan fingerprint density at radius 2 is 1.24 bits per heavy atom. The molecule has 172 valence electrons. The highest BCUT2D eigenvalue weighted by molar-refractivity contribution is 5.99. The number of hydrogen-bond acceptors (Lipinski definition) is 4. The molecule has 0 saturated heterocycles. The molecule has 4 aliphatic rings. The number of carbonyl (C=O) groups is 2. The summed E-state index contributed by atoms with van der Waals surface area (Å²) < 4.78 is 3.80. The van der Waals surface area contributed by atoms with Crippen LogP contribution in [-0.2, 0) is 9.59 Å². The molecular formula is C26H26N6O2. The summed E-state index contributed by atoms with van der Waals surface area (Å²) >= 11 is 0. The lowest BCUT2D eigenvalue weighted by Gasteiger charge is -2.60. The number of nitrogens with one attached hydrogen (secondary N) is 2. The van der Waals surface area contributed by atoms with Gasteiger partial charge in [0.05, 0.1) is 23.2 Å². The molecule has 4 aliphatic carbocycles. The second-order valence-corrected chi connectivity index (χ2v) is 10.6. The van der Waals surface area contributed by atoms with Crippen LogP contribution in [0, 0.1) is 22.7 Å². The number of fused-ring (bicyclic) bond motifs is 2. The molecule has 0 unspecified atom stereocenters. The molecule has 0 spiro atoms. The van der Waals surface area contributed by atoms with E-state index in [-0.39, 0.29) is 11.8 Å². The molecule has 4 heterocycles. The molecule has 4 aromatic heterocycles. The van der Waals surface area contributed by atoms with Crippen molar-refractivity contribution in [3.05, 3.63) is 61.2 Å². The number of nitrogens with zero attached hydrogens (tertiary/aromatic N) is 4. The molecule has 0 aliphatic heterocycles. The summed E-state index contributed by atoms with van der Waals surface area (Å²) in [4.78, 5) is 36.5. The zero-order chi connectivity index (χ0) is 22.9. The third-order valence-electron chi connectivity index (χ3n) is 8.24. The van der Waals surface area contributed by atoms with E-state index < -0.39 is 10.8 Å². The summed E-state index contributed by atoms with van der Waals surface area (Å²) in [5.74, 6) is 1.95. The van der Waals surface area contributed by atoms with Crippen LogP contribution < -0.4 is 10.6 Å². The van der Waals surface area contributed by atoms with Crippen molar-refractivity contribution in [1.82, 2.24) is 18.8 Å². The summed E-state index contributed by atoms with van der Waals surface area (Å²) in [6.07, 6.45) is 12.6. The second kappa shape index (κ2) is 6.91. The molecule has 34 heavy (non-hydrogen) atoms. The molecule has 0 radical (unpaired) electrons. The summed E-state index contributed by atoms with van der Waals surface area (Å²) in [5.41, 5.74) is 0.560. The average Bonchev–Trinajstić information content (AvgIpc) is 3.40. The average molecular weight is 455 g/mol. The minimum Gasteiger partial charge on any atom is -0.309 e. The quantitative estimate of drug-likeness (QED) is 0.485. The molecule has 2 amide bonds. The Kier molecular flexibility index (Phi) is 4.02. The molecule has 8 heteroatoms. The van der Waals surface area contributed by atoms with Crippen LogP contribution >= 0.6 is 0 Å². The van der Waals surface area contributed by atoms with E-state index in [1.54, 1.807) is 0 Å². The van der Waals surface area contributed by atoms with Gasteiger partial charge >= 0.3 is 0 Å². The summed E-state index contributed by atoms with van der Waals surface area (Å²) in [5, 5.41) is 6.19. The summed E-state index contributed by atoms with van der Waals surface area (Å²) in [6.45, 7) is 0. The molecule has 4 bridgehead atoms. The summed E-state index contributed by atoms with van der Waals surface area (Å²) in [6, 6.07) is 11.6. The minimum absolute atomic E-state index is 0.00918. The second-order valence-electron chi connectivity index (χ2n) is 10.6. The number of carbonyl (C=O) groups excluding carboxylic acids is 2. The van der Waals surface area contributed by atoms with Gasteiger partial charge in [0.2, 0.25) is 11.8 Å². The molecule has 2 N–H and O–H groups in total. The first-order chi connectivity index (χ1) is 16.5. The lowest BCUT2D eigenvalue weighted by atomic mass is 9.43. The molecule has 4 fully saturated rings. The molecule has 0 atom stereocenters. The van der Waals surface area contributed by atoms with Crippen LogP contribution in [0.4, 0.5) is 11.6 Å². The monoisotopic (exact) mass is 454 g/mol. The molecule has 8 rings (SSSR count). The summed E-state index contributed by atoms with van der Waals surface area (Å²) in [7, 11) is 0. The molecule has 0 aromatic carbocycles. The van der Waals surface area contributed by atoms with Crippen LogP contribution in [-0.4, -0.2) is 30.6 Å². The van der Waals surface area contributed by atoms with Crippen LogP contribution in [0.15, 0.2) is 61.2 Å². The van der Waals surface area contributed by atoms with E-state index in [0.717, 1.165) is 43.4 Å². The third kappa shape index (κ3) is 2.97. The van der Waals surface area contributed by atoms with E-state index in [2.05, 4.69) is 20.6 Å². The lowest BCUT2D eigenvalue weighted by Crippen LogP contribution is -2.59. The maximum Gasteiger partial charge on any atom is 0.231 e. The first kappa shape index (κ1) is 19.8. The van der Waals surface area contributed by atoms with Crippen molar-refractivity contribution in [3.63, 3.8) is 0 Å². The minimum atomic E-state index is -0.518. The van der Waals surface area contributed by atoms with Crippen molar-refractivity contribution in [1.29, 1.82) is 0 Å². The van der Waals surface area contributed by atoms with Gasteiger partial charge in [0.1, 0.15) is 11.3 Å². The van der Waals surface area contributed by atoms with Gasteiger partial charge in [-0.25, -0.2) is 9.97 Å². The Morgan fingerprint density at radius 3 is 1.68 bits per heavy atom. The number of pyridine rings is 2. The molecular weight excluding hydrogens is 428 g/mol. The zero-order valence-electron chi connectivity index (χ0n) is 18.8. The van der Waals surface area contributed by atoms with Crippen molar-refractivity contribution >= 4 is 34.7 Å². The number of anilines is 2. The van der Waals surface area contributed by atoms with Gasteiger partial charge in [-0.1, -0.05) is 12.1 Å². The Hall–Kier alpha value is -3.68. The van der Waals surface area contributed by atoms with Crippen LogP contribution in [0.25, 0.3) is 11.3 Å². The van der Waals surface area contributed by atoms with Crippen LogP contribution in [0.1, 0.15) is 38.5 Å². The largest absolute Gasteiger partial charge is 0.309 e. The number of aromatic nitrogens is 4. The number of hydrogen-bond donors (Lipinski definition) is 2. The van der Waals surface area contributed by atoms with Crippen molar-refractivity contribution in [2.24, 2.45) is 22.7 Å². The number of imidazole rings is 2. The fourth-order valence-corrected chi connectivity index (χ4v) is 7.28. The topological polar surface area (TPSA) is 92.8 Å². The highest BCUT2D eigenvalue weighted by Crippen LogP contribution is 2.65. The predicted molar refractivity (Wildman–Crippen MR) is 127 cm³/mol. The van der Waals surface area contributed by atoms with Gasteiger partial charge in [0.15, 0.2) is 11.6 Å². The van der Waals surface area contributed by atoms with E-state index in [4.69, 9.17) is 0 Å². The Morgan fingerprint density at radius 1 is 0.765 bits per heavy atom. The normalized spacial score (nSPS) is 29.5. The van der Waals surface area contributed by atoms with E-state index >= 15 is 0 Å². The Bertz CT molecular complexity index is 1270. The van der Waals surface area contributed by atoms with Crippen molar-refractivity contribution < 1.29 is 9.59 Å². The number of rotatable bonds is 4. The van der Waals surface area contributed by atoms with Crippen molar-refractivity contribution in [2.45, 2.75) is 38.5 Å². The zero-order valence-corrected chi connectivity index (χ0v) is 18.8. The number of amides is 2. The predicted octanol–water partition coefficient (Wildman–Crippen LogP) is 4.15. The highest BCUT2D eigenvalue weighted by atomic mass is 16.2. The third-order valence-corrected chi connectivity index (χ3v) is 8.24. The van der Waals surface area contributed by atoms with E-state index in [0.29, 0.717) is 29.9 Å². The molecule has 4 aromatic rings. The van der Waals surface area contributed by atoms with Gasteiger partial charge in [-0.2, -0.15) is 0 Å². The Balaban J connectivity index is 1.16. The molecule has 4 saturated carbocycles. The van der Waals surface area contributed by atoms with Gasteiger partial charge in [0, 0.05) is 12.4 Å². The van der Waals surface area contributed by atoms with Gasteiger partial charge in [0.25, 0.3) is 0 Å². The SMILES string of the molecule is O=C(Nc1cn2ccccc2n1)C12CC3CC(C1)CC(C(=O)Nc1cn4ccccc4n1)(C3)C2. The maximum atomic E-state index is 13.7. The molecule has 8 nitrogen and oxygen atoms in total. The van der Waals surface area contributed by atoms with Gasteiger partial charge in [-0.15, -0.1) is 0 Å². The van der Waals surface area contributed by atoms with Gasteiger partial charge < -0.3 is 19.4 Å². The lowest BCUT2D eigenvalue weighted by molar-refractivity contribution is -0.161. The maximum absolute atomic E-state index is 13.7. The standard InChI is InChI=1S/C26H26N6O2/c33-23(29-19-14-31-7-3-1-5-21(31)27-19)25-10-17-9-18(11-25)13-26(12-17,16-25)24(34)30-20-15-32-8-4-2-6-22(32)28-20/h1-8,14-15,17-18H,9-13,16H2,(H,29,33)(H,30,34). The first-order valence-corrected chi connectivity index (χ1v) is 12.0. The van der Waals surface area contributed by atoms with Crippen LogP contribution in [0.5, 0.6) is 0 Å². The van der Waals surface area contributed by atoms with Crippen LogP contribution in [0.2, 0.25) is 0 Å². The fourth-order valence-electron chi connectivity index (χ4n) is 7.28.